The van der Waals surface area contributed by atoms with E-state index in [-0.39, 0.29) is 18.0 Å². The Labute approximate surface area is 190 Å². The summed E-state index contributed by atoms with van der Waals surface area (Å²) in [6.07, 6.45) is 0.722. The van der Waals surface area contributed by atoms with E-state index in [1.54, 1.807) is 14.0 Å². The molecule has 0 aliphatic heterocycles. The molecule has 0 fully saturated rings. The fourth-order valence-electron chi connectivity index (χ4n) is 3.11. The van der Waals surface area contributed by atoms with E-state index < -0.39 is 6.10 Å². The molecule has 0 radical (unpaired) electrons. The standard InChI is InChI=1S/C25H33ClO5/c1-5-24(27)31-23(17-28-4)18-30-22-13-9-20(10-14-22)25(2,3)19-7-11-21(12-8-19)29-16-6-15-26/h7-14,23H,5-6,15-18H2,1-4H3. The molecule has 0 heterocycles. The van der Waals surface area contributed by atoms with Crippen LogP contribution in [0.1, 0.15) is 44.7 Å². The van der Waals surface area contributed by atoms with E-state index in [4.69, 9.17) is 30.5 Å². The first-order valence-corrected chi connectivity index (χ1v) is 11.1. The molecular formula is C25H33ClO5. The van der Waals surface area contributed by atoms with Crippen molar-refractivity contribution in [2.45, 2.75) is 45.1 Å². The molecule has 0 amide bonds. The Hall–Kier alpha value is -2.24. The number of esters is 1. The summed E-state index contributed by atoms with van der Waals surface area (Å²) >= 11 is 5.69. The van der Waals surface area contributed by atoms with Crippen LogP contribution < -0.4 is 9.47 Å². The number of ether oxygens (including phenoxy) is 4. The monoisotopic (exact) mass is 448 g/mol. The van der Waals surface area contributed by atoms with Crippen molar-refractivity contribution in [3.63, 3.8) is 0 Å². The minimum Gasteiger partial charge on any atom is -0.494 e. The zero-order valence-electron chi connectivity index (χ0n) is 18.9. The first kappa shape index (κ1) is 25.0. The van der Waals surface area contributed by atoms with Gasteiger partial charge in [-0.15, -0.1) is 11.6 Å². The van der Waals surface area contributed by atoms with Gasteiger partial charge in [-0.2, -0.15) is 0 Å². The van der Waals surface area contributed by atoms with Crippen molar-refractivity contribution in [1.29, 1.82) is 0 Å². The maximum Gasteiger partial charge on any atom is 0.305 e. The molecule has 0 aliphatic rings. The number of rotatable bonds is 13. The Morgan fingerprint density at radius 3 is 1.97 bits per heavy atom. The SMILES string of the molecule is CCC(=O)OC(COC)COc1ccc(C(C)(C)c2ccc(OCCCCl)cc2)cc1. The molecular weight excluding hydrogens is 416 g/mol. The molecule has 2 aromatic carbocycles. The highest BCUT2D eigenvalue weighted by molar-refractivity contribution is 6.17. The number of methoxy groups -OCH3 is 1. The maximum atomic E-state index is 11.5. The van der Waals surface area contributed by atoms with Crippen LogP contribution in [0.4, 0.5) is 0 Å². The molecule has 0 saturated heterocycles. The molecule has 31 heavy (non-hydrogen) atoms. The van der Waals surface area contributed by atoms with Crippen molar-refractivity contribution < 1.29 is 23.7 Å². The van der Waals surface area contributed by atoms with Gasteiger partial charge in [0.2, 0.25) is 0 Å². The lowest BCUT2D eigenvalue weighted by Gasteiger charge is -2.26. The molecule has 5 nitrogen and oxygen atoms in total. The normalized spacial score (nSPS) is 12.3. The van der Waals surface area contributed by atoms with E-state index in [0.29, 0.717) is 25.5 Å². The van der Waals surface area contributed by atoms with Crippen LogP contribution in [0.2, 0.25) is 0 Å². The molecule has 0 bridgehead atoms. The van der Waals surface area contributed by atoms with E-state index >= 15 is 0 Å². The van der Waals surface area contributed by atoms with Crippen LogP contribution >= 0.6 is 11.6 Å². The number of halogens is 1. The number of hydrogen-bond donors (Lipinski definition) is 0. The van der Waals surface area contributed by atoms with E-state index in [2.05, 4.69) is 38.1 Å². The minimum absolute atomic E-state index is 0.178. The zero-order valence-corrected chi connectivity index (χ0v) is 19.6. The molecule has 2 aromatic rings. The third kappa shape index (κ3) is 7.75. The lowest BCUT2D eigenvalue weighted by atomic mass is 9.78. The van der Waals surface area contributed by atoms with Crippen molar-refractivity contribution in [2.24, 2.45) is 0 Å². The summed E-state index contributed by atoms with van der Waals surface area (Å²) in [6, 6.07) is 16.2. The Kier molecular flexibility index (Phi) is 10.2. The average molecular weight is 449 g/mol. The summed E-state index contributed by atoms with van der Waals surface area (Å²) in [5, 5.41) is 0. The summed E-state index contributed by atoms with van der Waals surface area (Å²) in [7, 11) is 1.57. The van der Waals surface area contributed by atoms with Crippen LogP contribution in [0.25, 0.3) is 0 Å². The van der Waals surface area contributed by atoms with Gasteiger partial charge < -0.3 is 18.9 Å². The molecule has 0 spiro atoms. The highest BCUT2D eigenvalue weighted by Crippen LogP contribution is 2.33. The smallest absolute Gasteiger partial charge is 0.305 e. The second kappa shape index (κ2) is 12.6. The predicted octanol–water partition coefficient (Wildman–Crippen LogP) is 5.37. The van der Waals surface area contributed by atoms with Gasteiger partial charge >= 0.3 is 5.97 Å². The van der Waals surface area contributed by atoms with E-state index in [9.17, 15) is 4.79 Å². The maximum absolute atomic E-state index is 11.5. The number of carbonyl (C=O) groups is 1. The van der Waals surface area contributed by atoms with Gasteiger partial charge in [0, 0.05) is 24.8 Å². The predicted molar refractivity (Wildman–Crippen MR) is 123 cm³/mol. The Morgan fingerprint density at radius 1 is 0.935 bits per heavy atom. The largest absolute Gasteiger partial charge is 0.494 e. The summed E-state index contributed by atoms with van der Waals surface area (Å²) in [6.45, 7) is 7.29. The highest BCUT2D eigenvalue weighted by Gasteiger charge is 2.23. The molecule has 0 aliphatic carbocycles. The number of hydrogen-bond acceptors (Lipinski definition) is 5. The second-order valence-corrected chi connectivity index (χ2v) is 8.17. The Morgan fingerprint density at radius 2 is 1.48 bits per heavy atom. The summed E-state index contributed by atoms with van der Waals surface area (Å²) < 4.78 is 22.0. The topological polar surface area (TPSA) is 54.0 Å². The summed E-state index contributed by atoms with van der Waals surface area (Å²) in [5.74, 6) is 1.90. The quantitative estimate of drug-likeness (QED) is 0.234. The van der Waals surface area contributed by atoms with Gasteiger partial charge in [0.15, 0.2) is 6.10 Å². The van der Waals surface area contributed by atoms with Gasteiger partial charge in [-0.1, -0.05) is 45.0 Å². The fourth-order valence-corrected chi connectivity index (χ4v) is 3.22. The molecule has 2 rings (SSSR count). The first-order chi connectivity index (χ1) is 14.9. The number of carbonyl (C=O) groups excluding carboxylic acids is 1. The van der Waals surface area contributed by atoms with E-state index in [0.717, 1.165) is 17.9 Å². The van der Waals surface area contributed by atoms with Crippen LogP contribution in [0.15, 0.2) is 48.5 Å². The third-order valence-corrected chi connectivity index (χ3v) is 5.34. The minimum atomic E-state index is -0.432. The van der Waals surface area contributed by atoms with Crippen molar-refractivity contribution in [3.05, 3.63) is 59.7 Å². The van der Waals surface area contributed by atoms with Crippen molar-refractivity contribution in [3.8, 4) is 11.5 Å². The third-order valence-electron chi connectivity index (χ3n) is 5.07. The van der Waals surface area contributed by atoms with Crippen molar-refractivity contribution in [1.82, 2.24) is 0 Å². The summed E-state index contributed by atoms with van der Waals surface area (Å²) in [5.41, 5.74) is 2.18. The van der Waals surface area contributed by atoms with Gasteiger partial charge in [0.25, 0.3) is 0 Å². The summed E-state index contributed by atoms with van der Waals surface area (Å²) in [4.78, 5) is 11.5. The number of alkyl halides is 1. The van der Waals surface area contributed by atoms with Gasteiger partial charge in [0.1, 0.15) is 18.1 Å². The average Bonchev–Trinajstić information content (AvgIpc) is 2.78. The van der Waals surface area contributed by atoms with E-state index in [1.165, 1.54) is 11.1 Å². The lowest BCUT2D eigenvalue weighted by molar-refractivity contribution is -0.153. The molecule has 0 aromatic heterocycles. The van der Waals surface area contributed by atoms with Gasteiger partial charge in [0.05, 0.1) is 13.2 Å². The van der Waals surface area contributed by atoms with Crippen LogP contribution in [0.3, 0.4) is 0 Å². The molecule has 1 unspecified atom stereocenters. The molecule has 170 valence electrons. The van der Waals surface area contributed by atoms with Gasteiger partial charge in [-0.05, 0) is 41.8 Å². The fraction of sp³-hybridized carbons (Fsp3) is 0.480. The van der Waals surface area contributed by atoms with Crippen LogP contribution in [-0.4, -0.2) is 44.9 Å². The van der Waals surface area contributed by atoms with Crippen LogP contribution in [0.5, 0.6) is 11.5 Å². The first-order valence-electron chi connectivity index (χ1n) is 10.6. The molecule has 0 N–H and O–H groups in total. The highest BCUT2D eigenvalue weighted by atomic mass is 35.5. The Bertz CT molecular complexity index is 787. The second-order valence-electron chi connectivity index (χ2n) is 7.80. The van der Waals surface area contributed by atoms with Crippen molar-refractivity contribution >= 4 is 17.6 Å². The molecule has 6 heteroatoms. The van der Waals surface area contributed by atoms with Gasteiger partial charge in [-0.3, -0.25) is 4.79 Å². The molecule has 1 atom stereocenters. The van der Waals surface area contributed by atoms with Gasteiger partial charge in [-0.25, -0.2) is 0 Å². The molecule has 0 saturated carbocycles. The van der Waals surface area contributed by atoms with Crippen LogP contribution in [0, 0.1) is 0 Å². The Balaban J connectivity index is 1.99. The van der Waals surface area contributed by atoms with Crippen LogP contribution in [-0.2, 0) is 19.7 Å². The lowest BCUT2D eigenvalue weighted by Crippen LogP contribution is -2.29. The zero-order chi connectivity index (χ0) is 22.7. The number of benzene rings is 2. The van der Waals surface area contributed by atoms with E-state index in [1.807, 2.05) is 24.3 Å². The van der Waals surface area contributed by atoms with Crippen molar-refractivity contribution in [2.75, 3.05) is 32.8 Å².